The van der Waals surface area contributed by atoms with Gasteiger partial charge in [-0.1, -0.05) is 0 Å². The summed E-state index contributed by atoms with van der Waals surface area (Å²) in [6.07, 6.45) is 9.15. The normalized spacial score (nSPS) is 32.7. The van der Waals surface area contributed by atoms with E-state index in [1.807, 2.05) is 12.4 Å². The Balaban J connectivity index is 1.69. The second-order valence-corrected chi connectivity index (χ2v) is 5.89. The van der Waals surface area contributed by atoms with Gasteiger partial charge >= 0.3 is 0 Å². The highest BCUT2D eigenvalue weighted by molar-refractivity contribution is 5.14. The molecule has 0 amide bonds. The fraction of sp³-hybridized carbons (Fsp3) is 0.667. The van der Waals surface area contributed by atoms with Gasteiger partial charge in [0, 0.05) is 36.6 Å². The molecule has 3 atom stereocenters. The smallest absolute Gasteiger partial charge is 0.0320 e. The third kappa shape index (κ3) is 2.29. The van der Waals surface area contributed by atoms with Crippen LogP contribution < -0.4 is 5.32 Å². The molecule has 98 valence electrons. The molecule has 2 aliphatic rings. The van der Waals surface area contributed by atoms with E-state index in [-0.39, 0.29) is 0 Å². The lowest BCUT2D eigenvalue weighted by Crippen LogP contribution is -2.47. The highest BCUT2D eigenvalue weighted by atomic mass is 15.2. The summed E-state index contributed by atoms with van der Waals surface area (Å²) in [4.78, 5) is 6.66. The van der Waals surface area contributed by atoms with Gasteiger partial charge < -0.3 is 5.32 Å². The van der Waals surface area contributed by atoms with Gasteiger partial charge in [-0.05, 0) is 57.4 Å². The van der Waals surface area contributed by atoms with E-state index in [9.17, 15) is 0 Å². The van der Waals surface area contributed by atoms with E-state index in [4.69, 9.17) is 0 Å². The lowest BCUT2D eigenvalue weighted by Gasteiger charge is -2.39. The molecule has 0 aromatic carbocycles. The molecular formula is C15H23N3. The Bertz CT molecular complexity index is 380. The molecule has 3 heterocycles. The van der Waals surface area contributed by atoms with Crippen LogP contribution in [0, 0.1) is 0 Å². The highest BCUT2D eigenvalue weighted by Gasteiger charge is 2.36. The zero-order valence-electron chi connectivity index (χ0n) is 11.3. The minimum atomic E-state index is 0.482. The Morgan fingerprint density at radius 1 is 1.22 bits per heavy atom. The molecule has 0 radical (unpaired) electrons. The molecule has 3 unspecified atom stereocenters. The molecule has 3 heteroatoms. The summed E-state index contributed by atoms with van der Waals surface area (Å²) < 4.78 is 0. The molecule has 0 saturated carbocycles. The number of nitrogens with one attached hydrogen (secondary N) is 1. The molecule has 2 aliphatic heterocycles. The van der Waals surface area contributed by atoms with Gasteiger partial charge in [0.05, 0.1) is 0 Å². The van der Waals surface area contributed by atoms with E-state index in [0.29, 0.717) is 6.04 Å². The van der Waals surface area contributed by atoms with Gasteiger partial charge in [-0.15, -0.1) is 0 Å². The fourth-order valence-corrected chi connectivity index (χ4v) is 3.55. The first kappa shape index (κ1) is 12.1. The van der Waals surface area contributed by atoms with Crippen LogP contribution in [0.25, 0.3) is 0 Å². The predicted molar refractivity (Wildman–Crippen MR) is 73.4 cm³/mol. The van der Waals surface area contributed by atoms with E-state index in [2.05, 4.69) is 41.3 Å². The van der Waals surface area contributed by atoms with Crippen LogP contribution in [0.4, 0.5) is 0 Å². The monoisotopic (exact) mass is 245 g/mol. The molecule has 2 bridgehead atoms. The lowest BCUT2D eigenvalue weighted by molar-refractivity contribution is 0.132. The molecule has 3 rings (SSSR count). The maximum atomic E-state index is 4.11. The van der Waals surface area contributed by atoms with Crippen LogP contribution in [0.2, 0.25) is 0 Å². The maximum Gasteiger partial charge on any atom is 0.0320 e. The molecule has 2 saturated heterocycles. The minimum Gasteiger partial charge on any atom is -0.311 e. The highest BCUT2D eigenvalue weighted by Crippen LogP contribution is 2.32. The zero-order chi connectivity index (χ0) is 12.5. The fourth-order valence-electron chi connectivity index (χ4n) is 3.55. The van der Waals surface area contributed by atoms with Crippen molar-refractivity contribution < 1.29 is 0 Å². The van der Waals surface area contributed by atoms with Crippen LogP contribution in [0.1, 0.15) is 44.2 Å². The Kier molecular flexibility index (Phi) is 3.35. The van der Waals surface area contributed by atoms with Crippen LogP contribution in [0.5, 0.6) is 0 Å². The maximum absolute atomic E-state index is 4.11. The summed E-state index contributed by atoms with van der Waals surface area (Å²) in [6, 6.07) is 7.01. The summed E-state index contributed by atoms with van der Waals surface area (Å²) in [6.45, 7) is 2.30. The standard InChI is InChI=1S/C15H23N3/c1-11(12-5-7-16-8-6-12)18(2)15-9-13-3-4-14(10-15)17-13/h5-8,11,13-15,17H,3-4,9-10H2,1-2H3. The first-order valence-electron chi connectivity index (χ1n) is 7.12. The number of fused-ring (bicyclic) bond motifs is 2. The Morgan fingerprint density at radius 2 is 1.83 bits per heavy atom. The summed E-state index contributed by atoms with van der Waals surface area (Å²) >= 11 is 0. The number of piperidine rings is 1. The minimum absolute atomic E-state index is 0.482. The van der Waals surface area contributed by atoms with Crippen LogP contribution in [0.15, 0.2) is 24.5 Å². The molecule has 3 nitrogen and oxygen atoms in total. The second kappa shape index (κ2) is 4.98. The van der Waals surface area contributed by atoms with Gasteiger partial charge in [0.15, 0.2) is 0 Å². The second-order valence-electron chi connectivity index (χ2n) is 5.89. The SMILES string of the molecule is CC(c1ccncc1)N(C)C1CC2CCC(C1)N2. The van der Waals surface area contributed by atoms with E-state index in [1.54, 1.807) is 0 Å². The molecule has 0 aliphatic carbocycles. The Labute approximate surface area is 110 Å². The lowest BCUT2D eigenvalue weighted by atomic mass is 9.96. The Morgan fingerprint density at radius 3 is 2.44 bits per heavy atom. The van der Waals surface area contributed by atoms with Crippen molar-refractivity contribution in [2.45, 2.75) is 56.8 Å². The number of hydrogen-bond donors (Lipinski definition) is 1. The molecule has 1 N–H and O–H groups in total. The largest absolute Gasteiger partial charge is 0.311 e. The average molecular weight is 245 g/mol. The molecule has 1 aromatic rings. The van der Waals surface area contributed by atoms with Crippen molar-refractivity contribution in [3.05, 3.63) is 30.1 Å². The molecular weight excluding hydrogens is 222 g/mol. The van der Waals surface area contributed by atoms with Gasteiger partial charge in [0.2, 0.25) is 0 Å². The van der Waals surface area contributed by atoms with Crippen molar-refractivity contribution in [2.75, 3.05) is 7.05 Å². The van der Waals surface area contributed by atoms with Gasteiger partial charge in [-0.2, -0.15) is 0 Å². The van der Waals surface area contributed by atoms with Gasteiger partial charge in [-0.3, -0.25) is 9.88 Å². The zero-order valence-corrected chi connectivity index (χ0v) is 11.3. The third-order valence-electron chi connectivity index (χ3n) is 4.82. The first-order chi connectivity index (χ1) is 8.74. The number of pyridine rings is 1. The van der Waals surface area contributed by atoms with Crippen molar-refractivity contribution in [3.63, 3.8) is 0 Å². The first-order valence-corrected chi connectivity index (χ1v) is 7.12. The van der Waals surface area contributed by atoms with E-state index in [1.165, 1.54) is 31.2 Å². The van der Waals surface area contributed by atoms with Crippen LogP contribution >= 0.6 is 0 Å². The Hall–Kier alpha value is -0.930. The van der Waals surface area contributed by atoms with Crippen molar-refractivity contribution >= 4 is 0 Å². The summed E-state index contributed by atoms with van der Waals surface area (Å²) in [5.41, 5.74) is 1.37. The van der Waals surface area contributed by atoms with Crippen molar-refractivity contribution in [1.82, 2.24) is 15.2 Å². The predicted octanol–water partition coefficient (Wildman–Crippen LogP) is 2.36. The quantitative estimate of drug-likeness (QED) is 0.886. The summed E-state index contributed by atoms with van der Waals surface area (Å²) in [5.74, 6) is 0. The van der Waals surface area contributed by atoms with Crippen LogP contribution in [-0.4, -0.2) is 35.1 Å². The number of nitrogens with zero attached hydrogens (tertiary/aromatic N) is 2. The average Bonchev–Trinajstić information content (AvgIpc) is 2.77. The summed E-state index contributed by atoms with van der Waals surface area (Å²) in [5, 5.41) is 3.72. The molecule has 18 heavy (non-hydrogen) atoms. The van der Waals surface area contributed by atoms with E-state index < -0.39 is 0 Å². The number of aromatic nitrogens is 1. The third-order valence-corrected chi connectivity index (χ3v) is 4.82. The molecule has 0 spiro atoms. The topological polar surface area (TPSA) is 28.2 Å². The number of hydrogen-bond acceptors (Lipinski definition) is 3. The van der Waals surface area contributed by atoms with Crippen molar-refractivity contribution in [3.8, 4) is 0 Å². The van der Waals surface area contributed by atoms with Gasteiger partial charge in [-0.25, -0.2) is 0 Å². The van der Waals surface area contributed by atoms with Gasteiger partial charge in [0.1, 0.15) is 0 Å². The van der Waals surface area contributed by atoms with E-state index in [0.717, 1.165) is 18.1 Å². The number of rotatable bonds is 3. The van der Waals surface area contributed by atoms with Crippen molar-refractivity contribution in [2.24, 2.45) is 0 Å². The molecule has 2 fully saturated rings. The van der Waals surface area contributed by atoms with Crippen LogP contribution in [-0.2, 0) is 0 Å². The van der Waals surface area contributed by atoms with Gasteiger partial charge in [0.25, 0.3) is 0 Å². The van der Waals surface area contributed by atoms with E-state index >= 15 is 0 Å². The summed E-state index contributed by atoms with van der Waals surface area (Å²) in [7, 11) is 2.28. The molecule has 1 aromatic heterocycles. The van der Waals surface area contributed by atoms with Crippen LogP contribution in [0.3, 0.4) is 0 Å². The van der Waals surface area contributed by atoms with Crippen molar-refractivity contribution in [1.29, 1.82) is 0 Å².